The highest BCUT2D eigenvalue weighted by Gasteiger charge is 2.34. The van der Waals surface area contributed by atoms with Crippen molar-refractivity contribution in [3.63, 3.8) is 0 Å². The molecule has 0 radical (unpaired) electrons. The molecule has 0 aliphatic carbocycles. The lowest BCUT2D eigenvalue weighted by atomic mass is 10.0. The van der Waals surface area contributed by atoms with Crippen LogP contribution in [0.5, 0.6) is 0 Å². The number of nitrogens with one attached hydrogen (secondary N) is 2. The van der Waals surface area contributed by atoms with Gasteiger partial charge in [-0.25, -0.2) is 8.42 Å². The van der Waals surface area contributed by atoms with Gasteiger partial charge in [0.15, 0.2) is 0 Å². The smallest absolute Gasteiger partial charge is 0.246 e. The van der Waals surface area contributed by atoms with Crippen molar-refractivity contribution in [3.8, 4) is 0 Å². The minimum Gasteiger partial charge on any atom is -0.388 e. The van der Waals surface area contributed by atoms with Crippen LogP contribution in [-0.2, 0) is 10.0 Å². The fourth-order valence-corrected chi connectivity index (χ4v) is 4.17. The first-order chi connectivity index (χ1) is 10.5. The highest BCUT2D eigenvalue weighted by Crippen LogP contribution is 2.31. The summed E-state index contributed by atoms with van der Waals surface area (Å²) in [5.74, 6) is 0.119. The van der Waals surface area contributed by atoms with Gasteiger partial charge in [0.05, 0.1) is 6.20 Å². The fourth-order valence-electron chi connectivity index (χ4n) is 2.76. The molecule has 0 saturated carbocycles. The molecule has 22 heavy (non-hydrogen) atoms. The molecule has 118 valence electrons. The van der Waals surface area contributed by atoms with Crippen molar-refractivity contribution >= 4 is 15.7 Å². The van der Waals surface area contributed by atoms with Gasteiger partial charge in [0, 0.05) is 49.3 Å². The van der Waals surface area contributed by atoms with Crippen molar-refractivity contribution in [2.24, 2.45) is 0 Å². The van der Waals surface area contributed by atoms with Crippen LogP contribution in [0.4, 0.5) is 5.69 Å². The number of H-pyrrole nitrogens is 1. The maximum atomic E-state index is 12.5. The maximum absolute atomic E-state index is 12.5. The van der Waals surface area contributed by atoms with Gasteiger partial charge in [0.1, 0.15) is 4.90 Å². The summed E-state index contributed by atoms with van der Waals surface area (Å²) >= 11 is 0. The van der Waals surface area contributed by atoms with Crippen LogP contribution in [0.15, 0.2) is 29.4 Å². The quantitative estimate of drug-likeness (QED) is 0.886. The van der Waals surface area contributed by atoms with Crippen LogP contribution in [-0.4, -0.2) is 48.0 Å². The van der Waals surface area contributed by atoms with Gasteiger partial charge in [-0.3, -0.25) is 10.1 Å². The zero-order chi connectivity index (χ0) is 15.7. The lowest BCUT2D eigenvalue weighted by Gasteiger charge is -2.16. The number of anilines is 1. The summed E-state index contributed by atoms with van der Waals surface area (Å²) in [4.78, 5) is 4.77. The minimum absolute atomic E-state index is 0.119. The third kappa shape index (κ3) is 2.71. The van der Waals surface area contributed by atoms with Crippen LogP contribution in [0.2, 0.25) is 0 Å². The molecule has 0 amide bonds. The predicted molar refractivity (Wildman–Crippen MR) is 83.2 cm³/mol. The number of aryl methyl sites for hydroxylation is 1. The van der Waals surface area contributed by atoms with E-state index in [1.54, 1.807) is 0 Å². The van der Waals surface area contributed by atoms with E-state index in [9.17, 15) is 8.42 Å². The summed E-state index contributed by atoms with van der Waals surface area (Å²) in [7, 11) is -1.60. The van der Waals surface area contributed by atoms with E-state index in [0.29, 0.717) is 13.1 Å². The lowest BCUT2D eigenvalue weighted by Crippen LogP contribution is -2.28. The number of hydrogen-bond donors (Lipinski definition) is 2. The standard InChI is InChI=1S/C14H19N5O2S/c1-10-5-12(15-2)6-14(18-10)11-3-4-19(9-11)22(20,21)13-7-16-17-8-13/h5-8,11H,3-4,9H2,1-2H3,(H,15,18)(H,16,17). The number of aromatic nitrogens is 3. The Balaban J connectivity index is 1.82. The van der Waals surface area contributed by atoms with E-state index >= 15 is 0 Å². The van der Waals surface area contributed by atoms with E-state index in [1.807, 2.05) is 26.1 Å². The molecule has 0 spiro atoms. The number of sulfonamides is 1. The molecule has 8 heteroatoms. The molecule has 1 atom stereocenters. The van der Waals surface area contributed by atoms with Gasteiger partial charge in [-0.1, -0.05) is 0 Å². The van der Waals surface area contributed by atoms with Crippen LogP contribution < -0.4 is 5.32 Å². The van der Waals surface area contributed by atoms with Crippen LogP contribution in [0.25, 0.3) is 0 Å². The molecule has 0 aromatic carbocycles. The molecule has 3 heterocycles. The third-order valence-electron chi connectivity index (χ3n) is 3.94. The highest BCUT2D eigenvalue weighted by atomic mass is 32.2. The second-order valence-corrected chi connectivity index (χ2v) is 7.39. The van der Waals surface area contributed by atoms with Gasteiger partial charge in [-0.15, -0.1) is 0 Å². The summed E-state index contributed by atoms with van der Waals surface area (Å²) in [6.07, 6.45) is 3.52. The molecule has 1 aliphatic rings. The fraction of sp³-hybridized carbons (Fsp3) is 0.429. The normalized spacial score (nSPS) is 19.5. The van der Waals surface area contributed by atoms with Crippen molar-refractivity contribution in [1.82, 2.24) is 19.5 Å². The third-order valence-corrected chi connectivity index (χ3v) is 5.77. The van der Waals surface area contributed by atoms with Crippen LogP contribution in [0.3, 0.4) is 0 Å². The molecular weight excluding hydrogens is 302 g/mol. The molecule has 1 saturated heterocycles. The molecule has 2 N–H and O–H groups in total. The molecule has 3 rings (SSSR count). The van der Waals surface area contributed by atoms with E-state index in [4.69, 9.17) is 0 Å². The molecule has 0 bridgehead atoms. The molecule has 1 aliphatic heterocycles. The van der Waals surface area contributed by atoms with E-state index in [2.05, 4.69) is 20.5 Å². The molecule has 2 aromatic rings. The Hall–Kier alpha value is -1.93. The van der Waals surface area contributed by atoms with E-state index < -0.39 is 10.0 Å². The van der Waals surface area contributed by atoms with Crippen LogP contribution in [0.1, 0.15) is 23.7 Å². The van der Waals surface area contributed by atoms with Crippen molar-refractivity contribution in [2.75, 3.05) is 25.5 Å². The Bertz CT molecular complexity index is 758. The topological polar surface area (TPSA) is 91.0 Å². The van der Waals surface area contributed by atoms with Crippen LogP contribution >= 0.6 is 0 Å². The summed E-state index contributed by atoms with van der Waals surface area (Å²) in [6.45, 7) is 2.90. The van der Waals surface area contributed by atoms with Gasteiger partial charge in [0.25, 0.3) is 0 Å². The molecular formula is C14H19N5O2S. The van der Waals surface area contributed by atoms with Gasteiger partial charge in [-0.05, 0) is 25.5 Å². The lowest BCUT2D eigenvalue weighted by molar-refractivity contribution is 0.472. The molecule has 1 fully saturated rings. The summed E-state index contributed by atoms with van der Waals surface area (Å²) in [5, 5.41) is 9.38. The average molecular weight is 321 g/mol. The number of rotatable bonds is 4. The van der Waals surface area contributed by atoms with Crippen LogP contribution in [0, 0.1) is 6.92 Å². The second kappa shape index (κ2) is 5.69. The number of nitrogens with zero attached hydrogens (tertiary/aromatic N) is 3. The second-order valence-electron chi connectivity index (χ2n) is 5.45. The number of hydrogen-bond acceptors (Lipinski definition) is 5. The van der Waals surface area contributed by atoms with Gasteiger partial charge in [0.2, 0.25) is 10.0 Å². The van der Waals surface area contributed by atoms with E-state index in [1.165, 1.54) is 16.7 Å². The van der Waals surface area contributed by atoms with Gasteiger partial charge >= 0.3 is 0 Å². The molecule has 7 nitrogen and oxygen atoms in total. The largest absolute Gasteiger partial charge is 0.388 e. The van der Waals surface area contributed by atoms with Crippen molar-refractivity contribution in [3.05, 3.63) is 35.9 Å². The van der Waals surface area contributed by atoms with Gasteiger partial charge in [-0.2, -0.15) is 9.40 Å². The SMILES string of the molecule is CNc1cc(C)nc(C2CCN(S(=O)(=O)c3cn[nH]c3)C2)c1. The van der Waals surface area contributed by atoms with Crippen molar-refractivity contribution in [1.29, 1.82) is 0 Å². The van der Waals surface area contributed by atoms with E-state index in [-0.39, 0.29) is 10.8 Å². The number of pyridine rings is 1. The summed E-state index contributed by atoms with van der Waals surface area (Å²) in [6, 6.07) is 3.96. The summed E-state index contributed by atoms with van der Waals surface area (Å²) in [5.41, 5.74) is 2.87. The monoisotopic (exact) mass is 321 g/mol. The predicted octanol–water partition coefficient (Wildman–Crippen LogP) is 1.33. The van der Waals surface area contributed by atoms with E-state index in [0.717, 1.165) is 23.5 Å². The van der Waals surface area contributed by atoms with Gasteiger partial charge < -0.3 is 5.32 Å². The zero-order valence-corrected chi connectivity index (χ0v) is 13.4. The number of aromatic amines is 1. The highest BCUT2D eigenvalue weighted by molar-refractivity contribution is 7.89. The first-order valence-corrected chi connectivity index (χ1v) is 8.60. The first-order valence-electron chi connectivity index (χ1n) is 7.16. The van der Waals surface area contributed by atoms with Crippen molar-refractivity contribution in [2.45, 2.75) is 24.2 Å². The Morgan fingerprint density at radius 2 is 2.23 bits per heavy atom. The Morgan fingerprint density at radius 3 is 2.91 bits per heavy atom. The summed E-state index contributed by atoms with van der Waals surface area (Å²) < 4.78 is 26.5. The minimum atomic E-state index is -3.47. The molecule has 1 unspecified atom stereocenters. The Morgan fingerprint density at radius 1 is 1.41 bits per heavy atom. The first kappa shape index (κ1) is 15.0. The molecule has 2 aromatic heterocycles. The maximum Gasteiger partial charge on any atom is 0.246 e. The Kier molecular flexibility index (Phi) is 3.88. The van der Waals surface area contributed by atoms with Crippen molar-refractivity contribution < 1.29 is 8.42 Å². The average Bonchev–Trinajstić information content (AvgIpc) is 3.18. The zero-order valence-electron chi connectivity index (χ0n) is 12.6. The Labute approximate surface area is 129 Å².